The molecule has 0 saturated carbocycles. The van der Waals surface area contributed by atoms with Gasteiger partial charge in [0.2, 0.25) is 5.91 Å². The highest BCUT2D eigenvalue weighted by Crippen LogP contribution is 2.26. The molecule has 1 aromatic carbocycles. The Kier molecular flexibility index (Phi) is 6.93. The Morgan fingerprint density at radius 1 is 1.46 bits per heavy atom. The van der Waals surface area contributed by atoms with Crippen LogP contribution in [-0.2, 0) is 22.6 Å². The minimum Gasteiger partial charge on any atom is -0.490 e. The molecule has 0 radical (unpaired) electrons. The SMILES string of the molecule is CCCn1cc(CN2CCO[C@](COc3cccc(Cl)c3)(CC(N)=O)C2)cn1. The van der Waals surface area contributed by atoms with Crippen molar-refractivity contribution in [2.24, 2.45) is 5.73 Å². The number of rotatable bonds is 9. The first-order valence-corrected chi connectivity index (χ1v) is 9.90. The Labute approximate surface area is 170 Å². The van der Waals surface area contributed by atoms with Crippen LogP contribution in [0.5, 0.6) is 5.75 Å². The average Bonchev–Trinajstić information content (AvgIpc) is 3.07. The second-order valence-electron chi connectivity index (χ2n) is 7.24. The van der Waals surface area contributed by atoms with Crippen LogP contribution in [0, 0.1) is 0 Å². The third-order valence-corrected chi connectivity index (χ3v) is 4.90. The van der Waals surface area contributed by atoms with E-state index in [1.807, 2.05) is 23.0 Å². The molecule has 0 aliphatic carbocycles. The van der Waals surface area contributed by atoms with Crippen molar-refractivity contribution >= 4 is 17.5 Å². The van der Waals surface area contributed by atoms with Crippen LogP contribution in [0.4, 0.5) is 0 Å². The first-order valence-electron chi connectivity index (χ1n) is 9.52. The zero-order valence-electron chi connectivity index (χ0n) is 16.1. The third-order valence-electron chi connectivity index (χ3n) is 4.67. The lowest BCUT2D eigenvalue weighted by atomic mass is 9.97. The average molecular weight is 407 g/mol. The molecule has 2 N–H and O–H groups in total. The summed E-state index contributed by atoms with van der Waals surface area (Å²) in [5.41, 5.74) is 5.86. The third kappa shape index (κ3) is 5.70. The summed E-state index contributed by atoms with van der Waals surface area (Å²) in [7, 11) is 0. The predicted molar refractivity (Wildman–Crippen MR) is 107 cm³/mol. The van der Waals surface area contributed by atoms with E-state index in [4.69, 9.17) is 26.8 Å². The van der Waals surface area contributed by atoms with E-state index in [0.717, 1.165) is 31.6 Å². The van der Waals surface area contributed by atoms with E-state index in [1.165, 1.54) is 0 Å². The lowest BCUT2D eigenvalue weighted by molar-refractivity contribution is -0.148. The molecule has 1 aliphatic rings. The van der Waals surface area contributed by atoms with Crippen LogP contribution in [0.1, 0.15) is 25.3 Å². The molecule has 1 aliphatic heterocycles. The number of nitrogens with zero attached hydrogens (tertiary/aromatic N) is 3. The number of benzene rings is 1. The molecule has 0 unspecified atom stereocenters. The lowest BCUT2D eigenvalue weighted by Gasteiger charge is -2.41. The van der Waals surface area contributed by atoms with Gasteiger partial charge in [-0.1, -0.05) is 24.6 Å². The van der Waals surface area contributed by atoms with Gasteiger partial charge in [-0.25, -0.2) is 0 Å². The van der Waals surface area contributed by atoms with Crippen molar-refractivity contribution in [3.8, 4) is 5.75 Å². The zero-order chi connectivity index (χ0) is 20.0. The Morgan fingerprint density at radius 3 is 3.07 bits per heavy atom. The quantitative estimate of drug-likeness (QED) is 0.691. The summed E-state index contributed by atoms with van der Waals surface area (Å²) < 4.78 is 13.9. The standard InChI is InChI=1S/C20H27ClN4O3/c1-2-6-25-13-16(11-23-25)12-24-7-8-28-20(14-24,10-19(22)26)15-27-18-5-3-4-17(21)9-18/h3-5,9,11,13H,2,6-8,10,12,14-15H2,1H3,(H2,22,26)/t20-/m1/s1. The molecule has 1 atom stereocenters. The van der Waals surface area contributed by atoms with Crippen molar-refractivity contribution < 1.29 is 14.3 Å². The number of primary amides is 1. The minimum atomic E-state index is -0.786. The molecular weight excluding hydrogens is 380 g/mol. The Bertz CT molecular complexity index is 797. The highest BCUT2D eigenvalue weighted by Gasteiger charge is 2.39. The summed E-state index contributed by atoms with van der Waals surface area (Å²) in [5.74, 6) is 0.227. The number of halogens is 1. The molecule has 28 heavy (non-hydrogen) atoms. The highest BCUT2D eigenvalue weighted by molar-refractivity contribution is 6.30. The van der Waals surface area contributed by atoms with Crippen molar-refractivity contribution in [2.75, 3.05) is 26.3 Å². The summed E-state index contributed by atoms with van der Waals surface area (Å²) in [6.45, 7) is 5.83. The fourth-order valence-corrected chi connectivity index (χ4v) is 3.67. The van der Waals surface area contributed by atoms with Crippen molar-refractivity contribution in [3.05, 3.63) is 47.2 Å². The number of hydrogen-bond donors (Lipinski definition) is 1. The molecule has 7 nitrogen and oxygen atoms in total. The van der Waals surface area contributed by atoms with Crippen LogP contribution in [0.2, 0.25) is 5.02 Å². The van der Waals surface area contributed by atoms with Gasteiger partial charge in [-0.3, -0.25) is 14.4 Å². The number of aryl methyl sites for hydroxylation is 1. The topological polar surface area (TPSA) is 82.6 Å². The second-order valence-corrected chi connectivity index (χ2v) is 7.68. The van der Waals surface area contributed by atoms with Gasteiger partial charge in [0.15, 0.2) is 0 Å². The number of hydrogen-bond acceptors (Lipinski definition) is 5. The van der Waals surface area contributed by atoms with Gasteiger partial charge < -0.3 is 15.2 Å². The molecule has 0 bridgehead atoms. The van der Waals surface area contributed by atoms with E-state index in [1.54, 1.807) is 12.1 Å². The Balaban J connectivity index is 1.67. The molecule has 1 fully saturated rings. The van der Waals surface area contributed by atoms with Gasteiger partial charge in [0.25, 0.3) is 0 Å². The number of aromatic nitrogens is 2. The van der Waals surface area contributed by atoms with Crippen LogP contribution in [-0.4, -0.2) is 52.5 Å². The number of nitrogens with two attached hydrogens (primary N) is 1. The van der Waals surface area contributed by atoms with Crippen molar-refractivity contribution in [1.29, 1.82) is 0 Å². The number of carbonyl (C=O) groups is 1. The molecule has 0 spiro atoms. The Morgan fingerprint density at radius 2 is 2.32 bits per heavy atom. The van der Waals surface area contributed by atoms with E-state index < -0.39 is 11.5 Å². The molecule has 8 heteroatoms. The van der Waals surface area contributed by atoms with E-state index in [2.05, 4.69) is 23.1 Å². The van der Waals surface area contributed by atoms with Crippen LogP contribution >= 0.6 is 11.6 Å². The second kappa shape index (κ2) is 9.41. The van der Waals surface area contributed by atoms with Crippen molar-refractivity contribution in [2.45, 2.75) is 38.5 Å². The molecule has 152 valence electrons. The largest absolute Gasteiger partial charge is 0.490 e. The molecular formula is C20H27ClN4O3. The molecule has 1 aromatic heterocycles. The number of morpholine rings is 1. The van der Waals surface area contributed by atoms with Crippen LogP contribution < -0.4 is 10.5 Å². The maximum Gasteiger partial charge on any atom is 0.220 e. The molecule has 1 amide bonds. The van der Waals surface area contributed by atoms with Gasteiger partial charge in [-0.2, -0.15) is 5.10 Å². The zero-order valence-corrected chi connectivity index (χ0v) is 16.9. The first-order chi connectivity index (χ1) is 13.5. The number of carbonyl (C=O) groups excluding carboxylic acids is 1. The van der Waals surface area contributed by atoms with Gasteiger partial charge in [-0.05, 0) is 24.6 Å². The Hall–Kier alpha value is -2.09. The summed E-state index contributed by atoms with van der Waals surface area (Å²) in [6, 6.07) is 7.17. The summed E-state index contributed by atoms with van der Waals surface area (Å²) in [5, 5.41) is 4.98. The predicted octanol–water partition coefficient (Wildman–Crippen LogP) is 2.47. The van der Waals surface area contributed by atoms with E-state index in [-0.39, 0.29) is 13.0 Å². The monoisotopic (exact) mass is 406 g/mol. The lowest BCUT2D eigenvalue weighted by Crippen LogP contribution is -2.56. The molecule has 2 aromatic rings. The fraction of sp³-hybridized carbons (Fsp3) is 0.500. The summed E-state index contributed by atoms with van der Waals surface area (Å²) >= 11 is 6.02. The molecule has 3 rings (SSSR count). The fourth-order valence-electron chi connectivity index (χ4n) is 3.49. The molecule has 1 saturated heterocycles. The minimum absolute atomic E-state index is 0.0964. The first kappa shape index (κ1) is 20.6. The van der Waals surface area contributed by atoms with Crippen molar-refractivity contribution in [1.82, 2.24) is 14.7 Å². The number of amides is 1. The van der Waals surface area contributed by atoms with E-state index >= 15 is 0 Å². The maximum atomic E-state index is 11.7. The van der Waals surface area contributed by atoms with E-state index in [0.29, 0.717) is 23.9 Å². The highest BCUT2D eigenvalue weighted by atomic mass is 35.5. The van der Waals surface area contributed by atoms with Crippen LogP contribution in [0.3, 0.4) is 0 Å². The van der Waals surface area contributed by atoms with Crippen LogP contribution in [0.15, 0.2) is 36.7 Å². The van der Waals surface area contributed by atoms with Crippen molar-refractivity contribution in [3.63, 3.8) is 0 Å². The maximum absolute atomic E-state index is 11.7. The van der Waals surface area contributed by atoms with Gasteiger partial charge in [0.1, 0.15) is 18.0 Å². The normalized spacial score (nSPS) is 20.2. The summed E-state index contributed by atoms with van der Waals surface area (Å²) in [6.07, 6.45) is 5.10. The van der Waals surface area contributed by atoms with Crippen LogP contribution in [0.25, 0.3) is 0 Å². The number of ether oxygens (including phenoxy) is 2. The summed E-state index contributed by atoms with van der Waals surface area (Å²) in [4.78, 5) is 14.0. The smallest absolute Gasteiger partial charge is 0.220 e. The van der Waals surface area contributed by atoms with Gasteiger partial charge in [0.05, 0.1) is 19.2 Å². The van der Waals surface area contributed by atoms with Gasteiger partial charge in [-0.15, -0.1) is 0 Å². The van der Waals surface area contributed by atoms with Gasteiger partial charge in [0, 0.05) is 43.0 Å². The van der Waals surface area contributed by atoms with Gasteiger partial charge >= 0.3 is 0 Å². The van der Waals surface area contributed by atoms with E-state index in [9.17, 15) is 4.79 Å². The molecule has 2 heterocycles.